The zero-order valence-corrected chi connectivity index (χ0v) is 17.1. The van der Waals surface area contributed by atoms with Gasteiger partial charge in [-0.15, -0.1) is 0 Å². The molecule has 0 heterocycles. The molecule has 0 amide bonds. The Kier molecular flexibility index (Phi) is 6.95. The normalized spacial score (nSPS) is 19.8. The van der Waals surface area contributed by atoms with Gasteiger partial charge in [-0.05, 0) is 44.2 Å². The molecule has 0 saturated carbocycles. The summed E-state index contributed by atoms with van der Waals surface area (Å²) >= 11 is 0. The molecule has 0 bridgehead atoms. The van der Waals surface area contributed by atoms with Gasteiger partial charge >= 0.3 is 12.1 Å². The minimum absolute atomic E-state index is 0.146. The molecule has 0 spiro atoms. The summed E-state index contributed by atoms with van der Waals surface area (Å²) < 4.78 is 73.8. The van der Waals surface area contributed by atoms with Crippen LogP contribution in [0.5, 0.6) is 0 Å². The Balaban J connectivity index is 2.46. The summed E-state index contributed by atoms with van der Waals surface area (Å²) in [6, 6.07) is 6.56. The molecule has 1 aliphatic rings. The van der Waals surface area contributed by atoms with Crippen molar-refractivity contribution in [1.29, 1.82) is 0 Å². The van der Waals surface area contributed by atoms with E-state index in [1.165, 1.54) is 18.2 Å². The summed E-state index contributed by atoms with van der Waals surface area (Å²) in [6.45, 7) is 5.68. The molecule has 0 saturated heterocycles. The van der Waals surface area contributed by atoms with Crippen LogP contribution in [0.15, 0.2) is 59.0 Å². The lowest BCUT2D eigenvalue weighted by atomic mass is 9.79. The number of halogens is 3. The standard InChI is InChI=1S/C20H24F3NO4S/c1-14-9-11-16(12-10-14)15(2)13-19(18(25)28-3,20(21,22)23)24-29(26,27)17-7-5-4-6-8-17/h4-9,16,24H,2,10-13H2,1,3H3/t16-,19+/m1/s1. The molecule has 160 valence electrons. The van der Waals surface area contributed by atoms with E-state index in [0.717, 1.165) is 24.8 Å². The van der Waals surface area contributed by atoms with Crippen LogP contribution in [0.4, 0.5) is 13.2 Å². The van der Waals surface area contributed by atoms with Crippen molar-refractivity contribution in [2.24, 2.45) is 5.92 Å². The molecule has 1 aromatic carbocycles. The van der Waals surface area contributed by atoms with E-state index >= 15 is 0 Å². The lowest BCUT2D eigenvalue weighted by Gasteiger charge is -2.36. The van der Waals surface area contributed by atoms with Gasteiger partial charge in [-0.1, -0.05) is 42.0 Å². The van der Waals surface area contributed by atoms with E-state index in [-0.39, 0.29) is 16.4 Å². The van der Waals surface area contributed by atoms with Crippen LogP contribution in [-0.2, 0) is 19.6 Å². The molecule has 0 aromatic heterocycles. The van der Waals surface area contributed by atoms with Gasteiger partial charge in [-0.25, -0.2) is 13.2 Å². The number of rotatable bonds is 7. The van der Waals surface area contributed by atoms with Crippen LogP contribution in [0.2, 0.25) is 0 Å². The van der Waals surface area contributed by atoms with Gasteiger partial charge in [0.2, 0.25) is 15.6 Å². The third-order valence-corrected chi connectivity index (χ3v) is 6.60. The highest BCUT2D eigenvalue weighted by molar-refractivity contribution is 7.89. The summed E-state index contributed by atoms with van der Waals surface area (Å²) in [5.74, 6) is -2.01. The predicted octanol–water partition coefficient (Wildman–Crippen LogP) is 4.13. The largest absolute Gasteiger partial charge is 0.467 e. The Morgan fingerprint density at radius 1 is 1.28 bits per heavy atom. The average molecular weight is 431 g/mol. The first-order valence-corrected chi connectivity index (χ1v) is 10.5. The van der Waals surface area contributed by atoms with E-state index in [1.807, 2.05) is 13.0 Å². The summed E-state index contributed by atoms with van der Waals surface area (Å²) in [5, 5.41) is 0. The number of carbonyl (C=O) groups excluding carboxylic acids is 1. The number of esters is 1. The Morgan fingerprint density at radius 3 is 2.38 bits per heavy atom. The highest BCUT2D eigenvalue weighted by Crippen LogP contribution is 2.41. The Morgan fingerprint density at radius 2 is 1.90 bits per heavy atom. The van der Waals surface area contributed by atoms with Gasteiger partial charge < -0.3 is 4.74 Å². The summed E-state index contributed by atoms with van der Waals surface area (Å²) in [6.07, 6.45) is -2.48. The second-order valence-electron chi connectivity index (χ2n) is 7.17. The number of allylic oxidation sites excluding steroid dienone is 2. The molecule has 0 aliphatic heterocycles. The van der Waals surface area contributed by atoms with E-state index in [1.54, 1.807) is 4.72 Å². The number of hydrogen-bond acceptors (Lipinski definition) is 4. The van der Waals surface area contributed by atoms with Crippen LogP contribution in [0.1, 0.15) is 32.6 Å². The maximum Gasteiger partial charge on any atom is 0.418 e. The second kappa shape index (κ2) is 8.71. The molecule has 0 fully saturated rings. The van der Waals surface area contributed by atoms with Crippen LogP contribution < -0.4 is 4.72 Å². The second-order valence-corrected chi connectivity index (χ2v) is 8.85. The van der Waals surface area contributed by atoms with E-state index in [9.17, 15) is 26.4 Å². The number of nitrogens with one attached hydrogen (secondary N) is 1. The number of benzene rings is 1. The van der Waals surface area contributed by atoms with Gasteiger partial charge in [-0.2, -0.15) is 17.9 Å². The molecule has 1 aliphatic carbocycles. The SMILES string of the molecule is C=C(C[C@](NS(=O)(=O)c1ccccc1)(C(=O)OC)C(F)(F)F)[C@@H]1CC=C(C)CC1. The van der Waals surface area contributed by atoms with E-state index in [0.29, 0.717) is 19.3 Å². The van der Waals surface area contributed by atoms with Crippen LogP contribution in [0.3, 0.4) is 0 Å². The molecule has 2 atom stereocenters. The zero-order chi connectivity index (χ0) is 21.9. The lowest BCUT2D eigenvalue weighted by molar-refractivity contribution is -0.207. The van der Waals surface area contributed by atoms with Crippen molar-refractivity contribution in [3.05, 3.63) is 54.1 Å². The molecular formula is C20H24F3NO4S. The van der Waals surface area contributed by atoms with Crippen molar-refractivity contribution in [3.63, 3.8) is 0 Å². The number of methoxy groups -OCH3 is 1. The smallest absolute Gasteiger partial charge is 0.418 e. The maximum absolute atomic E-state index is 14.2. The number of hydrogen-bond donors (Lipinski definition) is 1. The van der Waals surface area contributed by atoms with Crippen molar-refractivity contribution < 1.29 is 31.1 Å². The van der Waals surface area contributed by atoms with Gasteiger partial charge in [0.05, 0.1) is 12.0 Å². The molecule has 2 rings (SSSR count). The number of ether oxygens (including phenoxy) is 1. The van der Waals surface area contributed by atoms with Crippen molar-refractivity contribution in [1.82, 2.24) is 4.72 Å². The van der Waals surface area contributed by atoms with Crippen LogP contribution >= 0.6 is 0 Å². The minimum Gasteiger partial charge on any atom is -0.467 e. The van der Waals surface area contributed by atoms with E-state index in [2.05, 4.69) is 11.3 Å². The Bertz CT molecular complexity index is 894. The van der Waals surface area contributed by atoms with Crippen molar-refractivity contribution in [2.75, 3.05) is 7.11 Å². The summed E-state index contributed by atoms with van der Waals surface area (Å²) in [7, 11) is -3.88. The fraction of sp³-hybridized carbons (Fsp3) is 0.450. The van der Waals surface area contributed by atoms with E-state index in [4.69, 9.17) is 0 Å². The highest BCUT2D eigenvalue weighted by Gasteiger charge is 2.63. The van der Waals surface area contributed by atoms with Gasteiger partial charge in [0.15, 0.2) is 0 Å². The maximum atomic E-state index is 14.2. The molecule has 9 heteroatoms. The number of alkyl halides is 3. The first-order chi connectivity index (χ1) is 13.4. The van der Waals surface area contributed by atoms with Crippen LogP contribution in [-0.4, -0.2) is 33.2 Å². The molecule has 1 N–H and O–H groups in total. The molecule has 29 heavy (non-hydrogen) atoms. The first kappa shape index (κ1) is 23.2. The Labute approximate surface area is 168 Å². The monoisotopic (exact) mass is 431 g/mol. The fourth-order valence-corrected chi connectivity index (χ4v) is 4.67. The molecule has 5 nitrogen and oxygen atoms in total. The van der Waals surface area contributed by atoms with Crippen LogP contribution in [0.25, 0.3) is 0 Å². The highest BCUT2D eigenvalue weighted by atomic mass is 32.2. The molecule has 1 aromatic rings. The van der Waals surface area contributed by atoms with Gasteiger partial charge in [0, 0.05) is 6.42 Å². The van der Waals surface area contributed by atoms with Crippen molar-refractivity contribution in [2.45, 2.75) is 49.2 Å². The molecule has 0 radical (unpaired) electrons. The number of carbonyl (C=O) groups is 1. The number of sulfonamides is 1. The average Bonchev–Trinajstić information content (AvgIpc) is 2.66. The summed E-state index contributed by atoms with van der Waals surface area (Å²) in [5.41, 5.74) is -2.19. The predicted molar refractivity (Wildman–Crippen MR) is 102 cm³/mol. The topological polar surface area (TPSA) is 72.5 Å². The lowest BCUT2D eigenvalue weighted by Crippen LogP contribution is -2.64. The van der Waals surface area contributed by atoms with Crippen molar-refractivity contribution in [3.8, 4) is 0 Å². The van der Waals surface area contributed by atoms with Gasteiger partial charge in [-0.3, -0.25) is 0 Å². The third-order valence-electron chi connectivity index (χ3n) is 5.09. The molecule has 0 unspecified atom stereocenters. The van der Waals surface area contributed by atoms with Gasteiger partial charge in [0.1, 0.15) is 0 Å². The summed E-state index contributed by atoms with van der Waals surface area (Å²) in [4.78, 5) is 11.9. The fourth-order valence-electron chi connectivity index (χ4n) is 3.31. The van der Waals surface area contributed by atoms with Gasteiger partial charge in [0.25, 0.3) is 0 Å². The quantitative estimate of drug-likeness (QED) is 0.521. The zero-order valence-electron chi connectivity index (χ0n) is 16.3. The first-order valence-electron chi connectivity index (χ1n) is 9.00. The Hall–Kier alpha value is -2.13. The minimum atomic E-state index is -5.24. The van der Waals surface area contributed by atoms with Crippen molar-refractivity contribution >= 4 is 16.0 Å². The molecular weight excluding hydrogens is 407 g/mol. The third kappa shape index (κ3) is 5.08. The van der Waals surface area contributed by atoms with Crippen LogP contribution in [0, 0.1) is 5.92 Å². The van der Waals surface area contributed by atoms with E-state index < -0.39 is 34.1 Å².